The molecule has 0 aliphatic carbocycles. The smallest absolute Gasteiger partial charge is 0.334 e. The Morgan fingerprint density at radius 1 is 1.28 bits per heavy atom. The summed E-state index contributed by atoms with van der Waals surface area (Å²) in [5.41, 5.74) is -0.163. The largest absolute Gasteiger partial charge is 0.493 e. The van der Waals surface area contributed by atoms with Crippen LogP contribution in [-0.2, 0) is 28.5 Å². The molecule has 11 nitrogen and oxygen atoms in total. The zero-order chi connectivity index (χ0) is 28.8. The van der Waals surface area contributed by atoms with E-state index in [0.717, 1.165) is 0 Å². The van der Waals surface area contributed by atoms with Gasteiger partial charge in [-0.2, -0.15) is 0 Å². The second kappa shape index (κ2) is 16.9. The monoisotopic (exact) mass is 556 g/mol. The highest BCUT2D eigenvalue weighted by atomic mass is 19.1. The van der Waals surface area contributed by atoms with Gasteiger partial charge in [-0.1, -0.05) is 20.3 Å². The average molecular weight is 557 g/mol. The Hall–Kier alpha value is -2.99. The Bertz CT molecular complexity index is 931. The molecule has 220 valence electrons. The van der Waals surface area contributed by atoms with Crippen molar-refractivity contribution in [2.75, 3.05) is 40.4 Å². The number of halogens is 1. The van der Waals surface area contributed by atoms with E-state index in [1.54, 1.807) is 13.8 Å². The van der Waals surface area contributed by atoms with Crippen LogP contribution < -0.4 is 14.8 Å². The summed E-state index contributed by atoms with van der Waals surface area (Å²) in [5.74, 6) is -1.71. The lowest BCUT2D eigenvalue weighted by Gasteiger charge is -2.31. The molecule has 1 aromatic rings. The van der Waals surface area contributed by atoms with Gasteiger partial charge in [0, 0.05) is 25.5 Å². The van der Waals surface area contributed by atoms with Crippen LogP contribution in [-0.4, -0.2) is 81.5 Å². The number of ether oxygens (including phenoxy) is 6. The van der Waals surface area contributed by atoms with E-state index in [9.17, 15) is 18.8 Å². The number of carbonyl (C=O) groups is 3. The lowest BCUT2D eigenvalue weighted by molar-refractivity contribution is -0.161. The summed E-state index contributed by atoms with van der Waals surface area (Å²) in [7, 11) is 1.38. The molecule has 1 fully saturated rings. The Kier molecular flexibility index (Phi) is 13.9. The molecule has 0 bridgehead atoms. The molecule has 39 heavy (non-hydrogen) atoms. The van der Waals surface area contributed by atoms with Crippen molar-refractivity contribution in [3.63, 3.8) is 0 Å². The van der Waals surface area contributed by atoms with Crippen LogP contribution in [0.4, 0.5) is 4.39 Å². The van der Waals surface area contributed by atoms with Gasteiger partial charge in [-0.05, 0) is 44.9 Å². The van der Waals surface area contributed by atoms with Gasteiger partial charge in [-0.3, -0.25) is 9.18 Å². The van der Waals surface area contributed by atoms with Crippen molar-refractivity contribution in [1.82, 2.24) is 10.3 Å². The van der Waals surface area contributed by atoms with Crippen LogP contribution in [0.5, 0.6) is 11.5 Å². The molecule has 0 radical (unpaired) electrons. The molecule has 4 atom stereocenters. The number of amides is 1. The van der Waals surface area contributed by atoms with Gasteiger partial charge in [0.15, 0.2) is 17.2 Å². The van der Waals surface area contributed by atoms with Gasteiger partial charge in [-0.15, -0.1) is 0 Å². The minimum absolute atomic E-state index is 0.0586. The van der Waals surface area contributed by atoms with Crippen molar-refractivity contribution >= 4 is 17.8 Å². The Morgan fingerprint density at radius 3 is 2.72 bits per heavy atom. The zero-order valence-electron chi connectivity index (χ0n) is 23.4. The van der Waals surface area contributed by atoms with E-state index in [4.69, 9.17) is 28.4 Å². The number of pyridine rings is 1. The first kappa shape index (κ1) is 32.2. The van der Waals surface area contributed by atoms with Gasteiger partial charge in [0.1, 0.15) is 18.8 Å². The molecule has 1 N–H and O–H groups in total. The molecule has 1 aromatic heterocycles. The maximum atomic E-state index is 13.3. The van der Waals surface area contributed by atoms with E-state index in [-0.39, 0.29) is 42.1 Å². The predicted octanol–water partition coefficient (Wildman–Crippen LogP) is 3.24. The number of hydrogen-bond donors (Lipinski definition) is 1. The number of cyclic esters (lactones) is 1. The lowest BCUT2D eigenvalue weighted by Crippen LogP contribution is -2.44. The normalized spacial score (nSPS) is 21.8. The maximum absolute atomic E-state index is 13.3. The molecule has 1 amide bonds. The lowest BCUT2D eigenvalue weighted by atomic mass is 9.90. The zero-order valence-corrected chi connectivity index (χ0v) is 23.4. The minimum Gasteiger partial charge on any atom is -0.493 e. The topological polar surface area (TPSA) is 132 Å². The van der Waals surface area contributed by atoms with E-state index in [1.165, 1.54) is 19.4 Å². The number of aromatic nitrogens is 1. The second-order valence-electron chi connectivity index (χ2n) is 9.64. The first-order chi connectivity index (χ1) is 18.7. The van der Waals surface area contributed by atoms with E-state index in [1.807, 2.05) is 13.8 Å². The summed E-state index contributed by atoms with van der Waals surface area (Å²) in [6, 6.07) is 0.506. The van der Waals surface area contributed by atoms with Crippen LogP contribution in [0.3, 0.4) is 0 Å². The first-order valence-corrected chi connectivity index (χ1v) is 13.3. The standard InChI is InChI=1S/C27H41FN2O9/c1-6-35-15-22(31)37-16-38-25-21(34-5)11-13-29-23(25)26(32)30-20-9-7-8-19(10-12-28)24(36-14-17(2)3)18(4)39-27(20)33/h11,13,17-20,24H,6-10,12,14-16H2,1-5H3,(H,30,32)/t18-,19+,20-,24-/m0/s1. The molecule has 0 spiro atoms. The highest BCUT2D eigenvalue weighted by molar-refractivity contribution is 5.98. The highest BCUT2D eigenvalue weighted by Crippen LogP contribution is 2.30. The fraction of sp³-hybridized carbons (Fsp3) is 0.704. The summed E-state index contributed by atoms with van der Waals surface area (Å²) >= 11 is 0. The molecule has 0 saturated carbocycles. The fourth-order valence-electron chi connectivity index (χ4n) is 4.24. The third-order valence-electron chi connectivity index (χ3n) is 6.14. The molecular formula is C27H41FN2O9. The van der Waals surface area contributed by atoms with Crippen LogP contribution in [0, 0.1) is 11.8 Å². The number of rotatable bonds is 14. The summed E-state index contributed by atoms with van der Waals surface area (Å²) in [6.07, 6.45) is 2.00. The number of esters is 2. The van der Waals surface area contributed by atoms with Crippen LogP contribution in [0.25, 0.3) is 0 Å². The van der Waals surface area contributed by atoms with E-state index < -0.39 is 49.6 Å². The Balaban J connectivity index is 2.16. The summed E-state index contributed by atoms with van der Waals surface area (Å²) in [4.78, 5) is 42.1. The van der Waals surface area contributed by atoms with Crippen molar-refractivity contribution in [3.05, 3.63) is 18.0 Å². The third kappa shape index (κ3) is 10.2. The summed E-state index contributed by atoms with van der Waals surface area (Å²) in [5, 5.41) is 2.68. The molecule has 12 heteroatoms. The van der Waals surface area contributed by atoms with E-state index in [0.29, 0.717) is 32.5 Å². The molecule has 2 rings (SSSR count). The quantitative estimate of drug-likeness (QED) is 0.269. The average Bonchev–Trinajstić information content (AvgIpc) is 2.95. The Labute approximate surface area is 229 Å². The fourth-order valence-corrected chi connectivity index (χ4v) is 4.24. The number of hydrogen-bond acceptors (Lipinski definition) is 10. The third-order valence-corrected chi connectivity index (χ3v) is 6.14. The molecule has 2 heterocycles. The minimum atomic E-state index is -0.973. The number of alkyl halides is 1. The van der Waals surface area contributed by atoms with E-state index in [2.05, 4.69) is 10.3 Å². The van der Waals surface area contributed by atoms with Gasteiger partial charge in [0.2, 0.25) is 6.79 Å². The summed E-state index contributed by atoms with van der Waals surface area (Å²) in [6.45, 7) is 7.04. The highest BCUT2D eigenvalue weighted by Gasteiger charge is 2.35. The number of nitrogens with one attached hydrogen (secondary N) is 1. The first-order valence-electron chi connectivity index (χ1n) is 13.3. The van der Waals surface area contributed by atoms with Gasteiger partial charge in [-0.25, -0.2) is 14.6 Å². The van der Waals surface area contributed by atoms with Crippen molar-refractivity contribution < 1.29 is 47.2 Å². The Morgan fingerprint density at radius 2 is 2.05 bits per heavy atom. The number of methoxy groups -OCH3 is 1. The van der Waals surface area contributed by atoms with Crippen molar-refractivity contribution in [3.8, 4) is 11.5 Å². The SMILES string of the molecule is CCOCC(=O)OCOc1c(OC)ccnc1C(=O)N[C@H]1CCC[C@H](CCF)[C@@H](OCC(C)C)[C@H](C)OC1=O. The molecule has 1 saturated heterocycles. The van der Waals surface area contributed by atoms with Crippen molar-refractivity contribution in [1.29, 1.82) is 0 Å². The van der Waals surface area contributed by atoms with Crippen LogP contribution in [0.2, 0.25) is 0 Å². The van der Waals surface area contributed by atoms with Gasteiger partial charge in [0.25, 0.3) is 5.91 Å². The van der Waals surface area contributed by atoms with Crippen molar-refractivity contribution in [2.45, 2.75) is 71.6 Å². The van der Waals surface area contributed by atoms with Crippen LogP contribution in [0.15, 0.2) is 12.3 Å². The summed E-state index contributed by atoms with van der Waals surface area (Å²) < 4.78 is 45.8. The van der Waals surface area contributed by atoms with Crippen LogP contribution in [0.1, 0.15) is 63.9 Å². The van der Waals surface area contributed by atoms with Crippen LogP contribution >= 0.6 is 0 Å². The van der Waals surface area contributed by atoms with Crippen molar-refractivity contribution in [2.24, 2.45) is 11.8 Å². The predicted molar refractivity (Wildman–Crippen MR) is 138 cm³/mol. The van der Waals surface area contributed by atoms with Gasteiger partial charge < -0.3 is 33.7 Å². The maximum Gasteiger partial charge on any atom is 0.334 e. The molecule has 0 unspecified atom stereocenters. The molecule has 1 aliphatic heterocycles. The molecule has 1 aliphatic rings. The van der Waals surface area contributed by atoms with E-state index >= 15 is 0 Å². The number of nitrogens with zero attached hydrogens (tertiary/aromatic N) is 1. The molecular weight excluding hydrogens is 515 g/mol. The number of carbonyl (C=O) groups excluding carboxylic acids is 3. The van der Waals surface area contributed by atoms with Gasteiger partial charge in [0.05, 0.1) is 19.9 Å². The molecule has 0 aromatic carbocycles. The second-order valence-corrected chi connectivity index (χ2v) is 9.64. The van der Waals surface area contributed by atoms with Gasteiger partial charge >= 0.3 is 11.9 Å².